The van der Waals surface area contributed by atoms with Crippen LogP contribution in [0.1, 0.15) is 77.8 Å². The maximum absolute atomic E-state index is 10.7. The van der Waals surface area contributed by atoms with Crippen LogP contribution in [0, 0.1) is 0 Å². The van der Waals surface area contributed by atoms with Crippen LogP contribution in [0.4, 0.5) is 0 Å². The Labute approximate surface area is 376 Å². The van der Waals surface area contributed by atoms with Gasteiger partial charge in [-0.25, -0.2) is 0 Å². The second kappa shape index (κ2) is 22.9. The van der Waals surface area contributed by atoms with Gasteiger partial charge in [-0.15, -0.1) is 0 Å². The summed E-state index contributed by atoms with van der Waals surface area (Å²) in [7, 11) is -2.23. The first-order chi connectivity index (χ1) is 31.5. The van der Waals surface area contributed by atoms with Gasteiger partial charge in [-0.2, -0.15) is 0 Å². The Balaban J connectivity index is 0.000000146. The van der Waals surface area contributed by atoms with Crippen molar-refractivity contribution >= 4 is 19.5 Å². The third-order valence-corrected chi connectivity index (χ3v) is 10.9. The minimum atomic E-state index is -2.23. The van der Waals surface area contributed by atoms with Crippen LogP contribution in [0.15, 0.2) is 200 Å². The van der Waals surface area contributed by atoms with E-state index in [1.54, 1.807) is 9.46 Å². The Bertz CT molecular complexity index is 2350. The number of nitrogens with zero attached hydrogens (tertiary/aromatic N) is 2. The molecule has 0 fully saturated rings. The highest BCUT2D eigenvalue weighted by molar-refractivity contribution is 6.28. The standard InChI is InChI=1S/C22H21BO3.2C16H16NO2/c24-23(25)26-18-10-17-22(19-11-4-1-5-12-19,20-13-6-2-7-14-20)21-15-8-3-9-16-21;2*1-2-18-17-12-6-5-9-16(17)19-15-11-10-13-7-3-4-8-14(13)15/h1-9,11-16H,10,17-18H2;2*3-12,15H,2H2,1H3/q-2;2*+1. The van der Waals surface area contributed by atoms with Gasteiger partial charge in [0.2, 0.25) is 12.4 Å². The second-order valence-electron chi connectivity index (χ2n) is 14.9. The molecule has 5 aromatic carbocycles. The van der Waals surface area contributed by atoms with E-state index in [-0.39, 0.29) is 24.2 Å². The second-order valence-corrected chi connectivity index (χ2v) is 14.9. The quantitative estimate of drug-likeness (QED) is 0.0426. The largest absolute Gasteiger partial charge is 0.871 e. The van der Waals surface area contributed by atoms with Crippen molar-refractivity contribution in [1.82, 2.24) is 0 Å². The zero-order valence-electron chi connectivity index (χ0n) is 36.2. The van der Waals surface area contributed by atoms with Crippen LogP contribution in [-0.2, 0) is 10.1 Å². The lowest BCUT2D eigenvalue weighted by atomic mass is 9.67. The fourth-order valence-corrected chi connectivity index (χ4v) is 8.02. The number of benzene rings is 5. The summed E-state index contributed by atoms with van der Waals surface area (Å²) in [6, 6.07) is 59.1. The van der Waals surface area contributed by atoms with Gasteiger partial charge in [0.1, 0.15) is 12.2 Å². The Hall–Kier alpha value is -6.98. The van der Waals surface area contributed by atoms with Crippen molar-refractivity contribution in [3.8, 4) is 11.8 Å². The molecule has 10 heteroatoms. The van der Waals surface area contributed by atoms with Crippen LogP contribution in [0.2, 0.25) is 0 Å². The molecular formula is C54H53BN2O7. The number of hydrogen-bond acceptors (Lipinski definition) is 7. The van der Waals surface area contributed by atoms with Crippen molar-refractivity contribution in [2.45, 2.75) is 44.3 Å². The molecule has 2 atom stereocenters. The SMILES string of the molecule is CCO[n+]1ccccc1OC1C=Cc2ccccc21.CCO[n+]1ccccc1OC1C=Cc2ccccc21.[O-]B([O-])OCCCC(c1ccccc1)(c1ccccc1)c1ccccc1. The molecule has 0 bridgehead atoms. The lowest BCUT2D eigenvalue weighted by Crippen LogP contribution is -2.48. The molecule has 0 N–H and O–H groups in total. The molecule has 7 aromatic rings. The third kappa shape index (κ3) is 11.3. The molecule has 324 valence electrons. The van der Waals surface area contributed by atoms with E-state index in [1.807, 2.05) is 142 Å². The molecule has 0 saturated carbocycles. The maximum atomic E-state index is 10.7. The van der Waals surface area contributed by atoms with Crippen molar-refractivity contribution in [2.75, 3.05) is 19.8 Å². The van der Waals surface area contributed by atoms with E-state index < -0.39 is 7.32 Å². The summed E-state index contributed by atoms with van der Waals surface area (Å²) in [5.41, 5.74) is 7.98. The van der Waals surface area contributed by atoms with Gasteiger partial charge in [-0.3, -0.25) is 9.68 Å². The Kier molecular flexibility index (Phi) is 16.1. The molecule has 0 radical (unpaired) electrons. The summed E-state index contributed by atoms with van der Waals surface area (Å²) in [4.78, 5) is 11.0. The highest BCUT2D eigenvalue weighted by Crippen LogP contribution is 2.43. The van der Waals surface area contributed by atoms with E-state index in [1.165, 1.54) is 38.9 Å². The fourth-order valence-electron chi connectivity index (χ4n) is 8.02. The number of ether oxygens (including phenoxy) is 2. The predicted molar refractivity (Wildman–Crippen MR) is 245 cm³/mol. The summed E-state index contributed by atoms with van der Waals surface area (Å²) in [6.45, 7) is 5.26. The van der Waals surface area contributed by atoms with Crippen molar-refractivity contribution in [3.05, 3.63) is 239 Å². The summed E-state index contributed by atoms with van der Waals surface area (Å²) >= 11 is 0. The summed E-state index contributed by atoms with van der Waals surface area (Å²) in [5, 5.41) is 21.4. The average molecular weight is 853 g/mol. The Morgan fingerprint density at radius 1 is 0.500 bits per heavy atom. The van der Waals surface area contributed by atoms with Gasteiger partial charge in [0.25, 0.3) is 0 Å². The van der Waals surface area contributed by atoms with Crippen LogP contribution in [-0.4, -0.2) is 27.1 Å². The number of rotatable bonds is 16. The lowest BCUT2D eigenvalue weighted by molar-refractivity contribution is -0.893. The first-order valence-electron chi connectivity index (χ1n) is 21.8. The summed E-state index contributed by atoms with van der Waals surface area (Å²) in [6.07, 6.45) is 13.3. The van der Waals surface area contributed by atoms with E-state index >= 15 is 0 Å². The minimum absolute atomic E-state index is 0.0506. The maximum Gasteiger partial charge on any atom is 0.417 e. The van der Waals surface area contributed by atoms with Gasteiger partial charge in [-0.1, -0.05) is 152 Å². The molecule has 64 heavy (non-hydrogen) atoms. The van der Waals surface area contributed by atoms with Gasteiger partial charge >= 0.3 is 11.8 Å². The zero-order chi connectivity index (χ0) is 44.4. The van der Waals surface area contributed by atoms with Crippen molar-refractivity contribution in [2.24, 2.45) is 0 Å². The van der Waals surface area contributed by atoms with E-state index in [2.05, 4.69) is 85.0 Å². The van der Waals surface area contributed by atoms with Crippen LogP contribution >= 0.6 is 0 Å². The third-order valence-electron chi connectivity index (χ3n) is 10.9. The van der Waals surface area contributed by atoms with E-state index in [4.69, 9.17) is 23.8 Å². The van der Waals surface area contributed by atoms with Crippen molar-refractivity contribution in [1.29, 1.82) is 0 Å². The first kappa shape index (κ1) is 45.1. The van der Waals surface area contributed by atoms with Crippen LogP contribution in [0.25, 0.3) is 12.2 Å². The molecule has 0 amide bonds. The molecule has 2 aromatic heterocycles. The molecular weight excluding hydrogens is 799 g/mol. The highest BCUT2D eigenvalue weighted by Gasteiger charge is 2.35. The Morgan fingerprint density at radius 3 is 1.30 bits per heavy atom. The van der Waals surface area contributed by atoms with Gasteiger partial charge in [0.15, 0.2) is 13.2 Å². The van der Waals surface area contributed by atoms with Gasteiger partial charge in [0, 0.05) is 44.7 Å². The number of aromatic nitrogens is 2. The average Bonchev–Trinajstić information content (AvgIpc) is 3.95. The monoisotopic (exact) mass is 852 g/mol. The first-order valence-corrected chi connectivity index (χ1v) is 21.8. The molecule has 0 spiro atoms. The fraction of sp³-hybridized carbons (Fsp3) is 0.185. The predicted octanol–water partition coefficient (Wildman–Crippen LogP) is 7.66. The number of fused-ring (bicyclic) bond motifs is 2. The van der Waals surface area contributed by atoms with Crippen molar-refractivity contribution < 1.29 is 43.3 Å². The molecule has 2 aliphatic carbocycles. The minimum Gasteiger partial charge on any atom is -0.871 e. The van der Waals surface area contributed by atoms with Gasteiger partial charge in [0.05, 0.1) is 19.5 Å². The smallest absolute Gasteiger partial charge is 0.417 e. The van der Waals surface area contributed by atoms with E-state index in [0.29, 0.717) is 31.4 Å². The van der Waals surface area contributed by atoms with Crippen LogP contribution in [0.5, 0.6) is 11.8 Å². The number of pyridine rings is 2. The van der Waals surface area contributed by atoms with Crippen molar-refractivity contribution in [3.63, 3.8) is 0 Å². The van der Waals surface area contributed by atoms with E-state index in [9.17, 15) is 10.0 Å². The Morgan fingerprint density at radius 2 is 0.891 bits per heavy atom. The van der Waals surface area contributed by atoms with Crippen LogP contribution < -0.4 is 38.7 Å². The van der Waals surface area contributed by atoms with Gasteiger partial charge in [-0.05, 0) is 78.8 Å². The molecule has 2 aliphatic rings. The molecule has 9 rings (SSSR count). The molecule has 0 aliphatic heterocycles. The zero-order valence-corrected chi connectivity index (χ0v) is 36.2. The molecule has 0 saturated heterocycles. The molecule has 2 unspecified atom stereocenters. The normalized spacial score (nSPS) is 14.2. The molecule has 2 heterocycles. The van der Waals surface area contributed by atoms with E-state index in [0.717, 1.165) is 6.42 Å². The highest BCUT2D eigenvalue weighted by atomic mass is 16.7. The van der Waals surface area contributed by atoms with Gasteiger partial charge < -0.3 is 24.2 Å². The topological polar surface area (TPSA) is 100 Å². The molecule has 9 nitrogen and oxygen atoms in total. The summed E-state index contributed by atoms with van der Waals surface area (Å²) in [5.74, 6) is 1.41. The summed E-state index contributed by atoms with van der Waals surface area (Å²) < 4.78 is 20.1. The lowest BCUT2D eigenvalue weighted by Gasteiger charge is -2.37. The van der Waals surface area contributed by atoms with Crippen LogP contribution in [0.3, 0.4) is 0 Å². The number of hydrogen-bond donors (Lipinski definition) is 0.